The maximum atomic E-state index is 12.4. The average Bonchev–Trinajstić information content (AvgIpc) is 2.58. The highest BCUT2D eigenvalue weighted by Gasteiger charge is 2.22. The number of rotatable bonds is 7. The minimum absolute atomic E-state index is 0.0711. The molecule has 0 heterocycles. The molecular formula is C19H23Cl2N2O2+. The first-order chi connectivity index (χ1) is 11.9. The van der Waals surface area contributed by atoms with Gasteiger partial charge in [-0.05, 0) is 29.8 Å². The van der Waals surface area contributed by atoms with Gasteiger partial charge in [-0.15, -0.1) is 0 Å². The Kier molecular flexibility index (Phi) is 7.12. The Balaban J connectivity index is 2.07. The van der Waals surface area contributed by atoms with Gasteiger partial charge in [-0.3, -0.25) is 4.79 Å². The molecule has 0 aliphatic heterocycles. The van der Waals surface area contributed by atoms with E-state index in [9.17, 15) is 4.79 Å². The van der Waals surface area contributed by atoms with Crippen LogP contribution in [0.1, 0.15) is 17.2 Å². The third kappa shape index (κ3) is 5.11. The van der Waals surface area contributed by atoms with Crippen LogP contribution in [0.5, 0.6) is 5.75 Å². The van der Waals surface area contributed by atoms with Gasteiger partial charge in [0.1, 0.15) is 11.8 Å². The van der Waals surface area contributed by atoms with Gasteiger partial charge in [0.15, 0.2) is 0 Å². The highest BCUT2D eigenvalue weighted by Crippen LogP contribution is 2.25. The van der Waals surface area contributed by atoms with Crippen LogP contribution < -0.4 is 15.0 Å². The number of carbonyl (C=O) groups excluding carboxylic acids is 1. The highest BCUT2D eigenvalue weighted by atomic mass is 35.5. The second kappa shape index (κ2) is 9.09. The number of halogens is 2. The Morgan fingerprint density at radius 3 is 2.36 bits per heavy atom. The van der Waals surface area contributed by atoms with Crippen molar-refractivity contribution in [3.63, 3.8) is 0 Å². The van der Waals surface area contributed by atoms with Crippen molar-refractivity contribution in [2.24, 2.45) is 0 Å². The second-order valence-electron chi connectivity index (χ2n) is 6.05. The zero-order chi connectivity index (χ0) is 18.4. The molecule has 0 saturated heterocycles. The molecule has 25 heavy (non-hydrogen) atoms. The molecule has 0 spiro atoms. The fourth-order valence-electron chi connectivity index (χ4n) is 2.72. The van der Waals surface area contributed by atoms with Gasteiger partial charge >= 0.3 is 0 Å². The predicted octanol–water partition coefficient (Wildman–Crippen LogP) is 2.55. The quantitative estimate of drug-likeness (QED) is 0.773. The van der Waals surface area contributed by atoms with Crippen molar-refractivity contribution in [2.45, 2.75) is 12.5 Å². The zero-order valence-corrected chi connectivity index (χ0v) is 16.1. The van der Waals surface area contributed by atoms with Gasteiger partial charge in [-0.2, -0.15) is 0 Å². The maximum absolute atomic E-state index is 12.4. The molecule has 134 valence electrons. The van der Waals surface area contributed by atoms with E-state index in [1.807, 2.05) is 38.4 Å². The first-order valence-electron chi connectivity index (χ1n) is 8.06. The third-order valence-corrected chi connectivity index (χ3v) is 4.82. The van der Waals surface area contributed by atoms with Gasteiger partial charge < -0.3 is 15.0 Å². The molecule has 0 aliphatic rings. The lowest BCUT2D eigenvalue weighted by atomic mass is 10.0. The summed E-state index contributed by atoms with van der Waals surface area (Å²) in [4.78, 5) is 13.6. The molecule has 2 N–H and O–H groups in total. The summed E-state index contributed by atoms with van der Waals surface area (Å²) in [6.45, 7) is 0.490. The summed E-state index contributed by atoms with van der Waals surface area (Å²) >= 11 is 12.3. The maximum Gasteiger partial charge on any atom is 0.224 e. The molecule has 2 aromatic rings. The predicted molar refractivity (Wildman–Crippen MR) is 102 cm³/mol. The van der Waals surface area contributed by atoms with Crippen LogP contribution in [-0.2, 0) is 11.2 Å². The second-order valence-corrected chi connectivity index (χ2v) is 6.87. The van der Waals surface area contributed by atoms with E-state index in [0.29, 0.717) is 22.2 Å². The van der Waals surface area contributed by atoms with Crippen molar-refractivity contribution in [3.8, 4) is 5.75 Å². The Hall–Kier alpha value is -1.75. The highest BCUT2D eigenvalue weighted by molar-refractivity contribution is 6.36. The summed E-state index contributed by atoms with van der Waals surface area (Å²) in [5.74, 6) is 0.702. The van der Waals surface area contributed by atoms with E-state index < -0.39 is 0 Å². The lowest BCUT2D eigenvalue weighted by Gasteiger charge is -2.24. The molecule has 0 fully saturated rings. The zero-order valence-electron chi connectivity index (χ0n) is 14.6. The fraction of sp³-hybridized carbons (Fsp3) is 0.316. The first-order valence-corrected chi connectivity index (χ1v) is 8.82. The number of hydrogen-bond donors (Lipinski definition) is 2. The summed E-state index contributed by atoms with van der Waals surface area (Å²) in [6.07, 6.45) is 0.153. The molecule has 0 aliphatic carbocycles. The molecule has 4 nitrogen and oxygen atoms in total. The van der Waals surface area contributed by atoms with E-state index >= 15 is 0 Å². The number of amides is 1. The largest absolute Gasteiger partial charge is 0.496 e. The van der Waals surface area contributed by atoms with Crippen LogP contribution in [0, 0.1) is 0 Å². The number of benzene rings is 2. The molecule has 0 bridgehead atoms. The molecule has 2 rings (SSSR count). The Morgan fingerprint density at radius 2 is 1.76 bits per heavy atom. The van der Waals surface area contributed by atoms with Crippen LogP contribution >= 0.6 is 23.2 Å². The average molecular weight is 382 g/mol. The van der Waals surface area contributed by atoms with Crippen molar-refractivity contribution in [2.75, 3.05) is 27.7 Å². The number of nitrogens with one attached hydrogen (secondary N) is 2. The van der Waals surface area contributed by atoms with Crippen LogP contribution in [0.2, 0.25) is 10.0 Å². The smallest absolute Gasteiger partial charge is 0.224 e. The first kappa shape index (κ1) is 19.6. The standard InChI is InChI=1S/C19H22Cl2N2O2/c1-23(2)17(13-7-4-5-10-18(13)25-3)12-22-19(24)11-14-15(20)8-6-9-16(14)21/h4-10,17H,11-12H2,1-3H3,(H,22,24)/p+1/t17-/m1/s1. The Bertz CT molecular complexity index is 715. The van der Waals surface area contributed by atoms with Gasteiger partial charge in [0, 0.05) is 10.0 Å². The van der Waals surface area contributed by atoms with E-state index in [-0.39, 0.29) is 18.4 Å². The molecule has 6 heteroatoms. The van der Waals surface area contributed by atoms with Gasteiger partial charge in [-0.25, -0.2) is 0 Å². The van der Waals surface area contributed by atoms with Crippen molar-refractivity contribution in [1.29, 1.82) is 0 Å². The van der Waals surface area contributed by atoms with Gasteiger partial charge in [0.25, 0.3) is 0 Å². The van der Waals surface area contributed by atoms with Crippen molar-refractivity contribution < 1.29 is 14.4 Å². The summed E-state index contributed by atoms with van der Waals surface area (Å²) < 4.78 is 5.45. The number of likely N-dealkylation sites (N-methyl/N-ethyl adjacent to an activating group) is 1. The third-order valence-electron chi connectivity index (χ3n) is 4.11. The van der Waals surface area contributed by atoms with E-state index in [0.717, 1.165) is 11.3 Å². The number of methoxy groups -OCH3 is 1. The minimum Gasteiger partial charge on any atom is -0.496 e. The van der Waals surface area contributed by atoms with Crippen LogP contribution in [0.4, 0.5) is 0 Å². The van der Waals surface area contributed by atoms with Crippen molar-refractivity contribution in [1.82, 2.24) is 5.32 Å². The van der Waals surface area contributed by atoms with Crippen LogP contribution in [0.3, 0.4) is 0 Å². The van der Waals surface area contributed by atoms with Crippen molar-refractivity contribution in [3.05, 3.63) is 63.6 Å². The lowest BCUT2D eigenvalue weighted by Crippen LogP contribution is -3.07. The summed E-state index contributed by atoms with van der Waals surface area (Å²) in [5, 5.41) is 3.99. The van der Waals surface area contributed by atoms with E-state index in [4.69, 9.17) is 27.9 Å². The lowest BCUT2D eigenvalue weighted by molar-refractivity contribution is -0.890. The number of carbonyl (C=O) groups is 1. The van der Waals surface area contributed by atoms with E-state index in [1.54, 1.807) is 25.3 Å². The summed E-state index contributed by atoms with van der Waals surface area (Å²) in [6, 6.07) is 13.2. The normalized spacial score (nSPS) is 12.1. The van der Waals surface area contributed by atoms with Gasteiger partial charge in [0.2, 0.25) is 5.91 Å². The molecule has 0 saturated carbocycles. The monoisotopic (exact) mass is 381 g/mol. The molecular weight excluding hydrogens is 359 g/mol. The molecule has 0 radical (unpaired) electrons. The summed E-state index contributed by atoms with van der Waals surface area (Å²) in [5.41, 5.74) is 1.70. The van der Waals surface area contributed by atoms with Crippen LogP contribution in [0.15, 0.2) is 42.5 Å². The van der Waals surface area contributed by atoms with E-state index in [1.165, 1.54) is 4.90 Å². The van der Waals surface area contributed by atoms with Gasteiger partial charge in [0.05, 0.1) is 39.7 Å². The number of hydrogen-bond acceptors (Lipinski definition) is 2. The Labute approximate surface area is 158 Å². The number of quaternary nitrogens is 1. The molecule has 1 atom stereocenters. The van der Waals surface area contributed by atoms with Crippen molar-refractivity contribution >= 4 is 29.1 Å². The minimum atomic E-state index is -0.115. The topological polar surface area (TPSA) is 42.8 Å². The van der Waals surface area contributed by atoms with Crippen LogP contribution in [0.25, 0.3) is 0 Å². The fourth-order valence-corrected chi connectivity index (χ4v) is 3.25. The number of ether oxygens (including phenoxy) is 1. The molecule has 0 unspecified atom stereocenters. The summed E-state index contributed by atoms with van der Waals surface area (Å²) in [7, 11) is 5.75. The molecule has 2 aromatic carbocycles. The van der Waals surface area contributed by atoms with Crippen LogP contribution in [-0.4, -0.2) is 33.7 Å². The SMILES string of the molecule is COc1ccccc1[C@@H](CNC(=O)Cc1c(Cl)cccc1Cl)[NH+](C)C. The van der Waals surface area contributed by atoms with E-state index in [2.05, 4.69) is 5.32 Å². The molecule has 0 aromatic heterocycles. The van der Waals surface area contributed by atoms with Gasteiger partial charge in [-0.1, -0.05) is 41.4 Å². The molecule has 1 amide bonds. The number of para-hydroxylation sites is 1. The Morgan fingerprint density at radius 1 is 1.12 bits per heavy atom.